The van der Waals surface area contributed by atoms with Crippen molar-refractivity contribution < 1.29 is 27.5 Å². The summed E-state index contributed by atoms with van der Waals surface area (Å²) in [6, 6.07) is 20.2. The average molecular weight is 600 g/mol. The van der Waals surface area contributed by atoms with E-state index >= 15 is 0 Å². The molecule has 11 heteroatoms. The number of sulfonamides is 1. The smallest absolute Gasteiger partial charge is 0.244 e. The van der Waals surface area contributed by atoms with E-state index < -0.39 is 28.5 Å². The molecular formula is C30H34ClN3O6S. The number of fused-ring (bicyclic) bond motifs is 1. The number of likely N-dealkylation sites (N-methyl/N-ethyl adjacent to an activating group) is 1. The molecular weight excluding hydrogens is 566 g/mol. The zero-order valence-electron chi connectivity index (χ0n) is 23.1. The molecule has 3 aromatic rings. The van der Waals surface area contributed by atoms with E-state index in [4.69, 9.17) is 21.1 Å². The molecule has 0 aromatic heterocycles. The first-order valence-electron chi connectivity index (χ1n) is 13.5. The number of benzene rings is 3. The summed E-state index contributed by atoms with van der Waals surface area (Å²) in [5.74, 6) is -0.180. The van der Waals surface area contributed by atoms with Gasteiger partial charge >= 0.3 is 0 Å². The van der Waals surface area contributed by atoms with Crippen LogP contribution in [-0.4, -0.2) is 63.2 Å². The number of hydrogen-bond acceptors (Lipinski definition) is 6. The maximum Gasteiger partial charge on any atom is 0.244 e. The van der Waals surface area contributed by atoms with Gasteiger partial charge in [-0.05, 0) is 49.2 Å². The van der Waals surface area contributed by atoms with Crippen LogP contribution in [0, 0.1) is 0 Å². The number of rotatable bonds is 12. The van der Waals surface area contributed by atoms with Gasteiger partial charge in [0.05, 0.1) is 11.4 Å². The van der Waals surface area contributed by atoms with Crippen LogP contribution in [0.4, 0.5) is 5.69 Å². The lowest BCUT2D eigenvalue weighted by atomic mass is 10.0. The summed E-state index contributed by atoms with van der Waals surface area (Å²) in [6.07, 6.45) is 0.247. The quantitative estimate of drug-likeness (QED) is 0.337. The fourth-order valence-electron chi connectivity index (χ4n) is 4.54. The molecule has 2 amide bonds. The zero-order chi connectivity index (χ0) is 29.4. The van der Waals surface area contributed by atoms with Crippen LogP contribution in [0.5, 0.6) is 11.5 Å². The highest BCUT2D eigenvalue weighted by atomic mass is 35.5. The minimum Gasteiger partial charge on any atom is -0.486 e. The van der Waals surface area contributed by atoms with Gasteiger partial charge in [0.1, 0.15) is 25.8 Å². The van der Waals surface area contributed by atoms with Crippen molar-refractivity contribution in [3.63, 3.8) is 0 Å². The lowest BCUT2D eigenvalue weighted by Gasteiger charge is -2.34. The number of carbonyl (C=O) groups excluding carboxylic acids is 2. The van der Waals surface area contributed by atoms with Crippen molar-refractivity contribution in [2.45, 2.75) is 32.9 Å². The van der Waals surface area contributed by atoms with Crippen molar-refractivity contribution in [1.29, 1.82) is 0 Å². The lowest BCUT2D eigenvalue weighted by Crippen LogP contribution is -2.53. The minimum atomic E-state index is -3.89. The fourth-order valence-corrected chi connectivity index (χ4v) is 5.72. The Labute approximate surface area is 246 Å². The van der Waals surface area contributed by atoms with E-state index in [9.17, 15) is 18.0 Å². The van der Waals surface area contributed by atoms with Crippen LogP contribution in [0.15, 0.2) is 72.8 Å². The highest BCUT2D eigenvalue weighted by molar-refractivity contribution is 7.92. The van der Waals surface area contributed by atoms with Crippen LogP contribution < -0.4 is 19.1 Å². The number of carbonyl (C=O) groups is 2. The Balaban J connectivity index is 1.73. The number of halogens is 1. The molecule has 1 N–H and O–H groups in total. The summed E-state index contributed by atoms with van der Waals surface area (Å²) < 4.78 is 38.9. The predicted molar refractivity (Wildman–Crippen MR) is 159 cm³/mol. The second kappa shape index (κ2) is 13.7. The summed E-state index contributed by atoms with van der Waals surface area (Å²) >= 11 is 6.09. The zero-order valence-corrected chi connectivity index (χ0v) is 24.7. The van der Waals surface area contributed by atoms with Crippen LogP contribution in [0.3, 0.4) is 0 Å². The third-order valence-electron chi connectivity index (χ3n) is 6.68. The van der Waals surface area contributed by atoms with Crippen molar-refractivity contribution in [1.82, 2.24) is 10.2 Å². The van der Waals surface area contributed by atoms with Gasteiger partial charge in [-0.15, -0.1) is 0 Å². The molecule has 0 saturated heterocycles. The SMILES string of the molecule is CCNC(=O)C(Cc1ccccc1)N(Cc1ccc(Cl)cc1)C(=O)CN(c1ccc2c(c1)OCCO2)S(=O)(=O)CC. The van der Waals surface area contributed by atoms with Crippen LogP contribution in [0.1, 0.15) is 25.0 Å². The monoisotopic (exact) mass is 599 g/mol. The first kappa shape index (κ1) is 30.2. The van der Waals surface area contributed by atoms with E-state index in [0.717, 1.165) is 15.4 Å². The highest BCUT2D eigenvalue weighted by Gasteiger charge is 2.33. The van der Waals surface area contributed by atoms with E-state index in [1.165, 1.54) is 11.8 Å². The Morgan fingerprint density at radius 2 is 1.61 bits per heavy atom. The molecule has 41 heavy (non-hydrogen) atoms. The summed E-state index contributed by atoms with van der Waals surface area (Å²) in [5, 5.41) is 3.38. The van der Waals surface area contributed by atoms with E-state index in [0.29, 0.717) is 36.3 Å². The Morgan fingerprint density at radius 1 is 0.927 bits per heavy atom. The average Bonchev–Trinajstić information content (AvgIpc) is 2.98. The van der Waals surface area contributed by atoms with E-state index in [-0.39, 0.29) is 30.3 Å². The summed E-state index contributed by atoms with van der Waals surface area (Å²) in [6.45, 7) is 3.99. The summed E-state index contributed by atoms with van der Waals surface area (Å²) in [7, 11) is -3.89. The molecule has 0 spiro atoms. The van der Waals surface area contributed by atoms with Gasteiger partial charge in [-0.25, -0.2) is 8.42 Å². The molecule has 9 nitrogen and oxygen atoms in total. The van der Waals surface area contributed by atoms with Gasteiger partial charge in [0.2, 0.25) is 21.8 Å². The second-order valence-corrected chi connectivity index (χ2v) is 12.1. The van der Waals surface area contributed by atoms with Gasteiger partial charge in [-0.3, -0.25) is 13.9 Å². The van der Waals surface area contributed by atoms with Crippen molar-refractivity contribution in [3.05, 3.63) is 88.9 Å². The molecule has 1 unspecified atom stereocenters. The van der Waals surface area contributed by atoms with Crippen molar-refractivity contribution in [2.75, 3.05) is 36.4 Å². The first-order chi connectivity index (χ1) is 19.7. The Hall–Kier alpha value is -3.76. The normalized spacial score (nSPS) is 13.2. The van der Waals surface area contributed by atoms with Gasteiger partial charge in [-0.2, -0.15) is 0 Å². The second-order valence-electron chi connectivity index (χ2n) is 9.48. The number of ether oxygens (including phenoxy) is 2. The van der Waals surface area contributed by atoms with E-state index in [2.05, 4.69) is 5.32 Å². The minimum absolute atomic E-state index is 0.0752. The van der Waals surface area contributed by atoms with Crippen LogP contribution in [-0.2, 0) is 32.6 Å². The van der Waals surface area contributed by atoms with Crippen LogP contribution in [0.25, 0.3) is 0 Å². The molecule has 0 saturated carbocycles. The third-order valence-corrected chi connectivity index (χ3v) is 8.67. The topological polar surface area (TPSA) is 105 Å². The Kier molecular flexibility index (Phi) is 10.1. The molecule has 4 rings (SSSR count). The molecule has 3 aromatic carbocycles. The number of hydrogen-bond donors (Lipinski definition) is 1. The molecule has 0 aliphatic carbocycles. The number of amides is 2. The molecule has 0 radical (unpaired) electrons. The maximum atomic E-state index is 14.1. The molecule has 0 fully saturated rings. The maximum absolute atomic E-state index is 14.1. The van der Waals surface area contributed by atoms with Gasteiger partial charge < -0.3 is 19.7 Å². The first-order valence-corrected chi connectivity index (χ1v) is 15.5. The van der Waals surface area contributed by atoms with Gasteiger partial charge in [0.25, 0.3) is 0 Å². The largest absolute Gasteiger partial charge is 0.486 e. The summed E-state index contributed by atoms with van der Waals surface area (Å²) in [4.78, 5) is 29.0. The van der Waals surface area contributed by atoms with Crippen LogP contribution in [0.2, 0.25) is 5.02 Å². The van der Waals surface area contributed by atoms with E-state index in [1.54, 1.807) is 49.4 Å². The Morgan fingerprint density at radius 3 is 2.27 bits per heavy atom. The van der Waals surface area contributed by atoms with Crippen LogP contribution >= 0.6 is 11.6 Å². The molecule has 0 bridgehead atoms. The molecule has 1 aliphatic heterocycles. The Bertz CT molecular complexity index is 1450. The molecule has 1 heterocycles. The number of nitrogens with zero attached hydrogens (tertiary/aromatic N) is 2. The predicted octanol–water partition coefficient (Wildman–Crippen LogP) is 4.04. The van der Waals surface area contributed by atoms with Gasteiger partial charge in [0, 0.05) is 30.6 Å². The number of anilines is 1. The molecule has 218 valence electrons. The summed E-state index contributed by atoms with van der Waals surface area (Å²) in [5.41, 5.74) is 1.88. The van der Waals surface area contributed by atoms with Crippen molar-refractivity contribution in [2.24, 2.45) is 0 Å². The molecule has 1 atom stereocenters. The molecule has 1 aliphatic rings. The van der Waals surface area contributed by atoms with Gasteiger partial charge in [-0.1, -0.05) is 54.1 Å². The van der Waals surface area contributed by atoms with Gasteiger partial charge in [0.15, 0.2) is 11.5 Å². The highest BCUT2D eigenvalue weighted by Crippen LogP contribution is 2.35. The van der Waals surface area contributed by atoms with E-state index in [1.807, 2.05) is 30.3 Å². The van der Waals surface area contributed by atoms with Crippen molar-refractivity contribution >= 4 is 39.1 Å². The van der Waals surface area contributed by atoms with Crippen molar-refractivity contribution in [3.8, 4) is 11.5 Å². The third kappa shape index (κ3) is 7.71. The number of nitrogens with one attached hydrogen (secondary N) is 1. The standard InChI is InChI=1S/C30H34ClN3O6S/c1-3-32-30(36)26(18-22-8-6-5-7-9-22)33(20-23-10-12-24(31)13-11-23)29(35)21-34(41(37,38)4-2)25-14-15-27-28(19-25)40-17-16-39-27/h5-15,19,26H,3-4,16-18,20-21H2,1-2H3,(H,32,36). The fraction of sp³-hybridized carbons (Fsp3) is 0.333. The lowest BCUT2D eigenvalue weighted by molar-refractivity contribution is -0.140.